The number of rotatable bonds is 4. The number of piperidine rings is 1. The van der Waals surface area contributed by atoms with Gasteiger partial charge in [0.05, 0.1) is 6.61 Å². The van der Waals surface area contributed by atoms with Gasteiger partial charge in [0, 0.05) is 24.6 Å². The summed E-state index contributed by atoms with van der Waals surface area (Å²) in [7, 11) is 2.23. The van der Waals surface area contributed by atoms with E-state index in [4.69, 9.17) is 4.74 Å². The van der Waals surface area contributed by atoms with Crippen molar-refractivity contribution in [2.45, 2.75) is 37.1 Å². The first-order valence-electron chi connectivity index (χ1n) is 8.34. The number of hydrogen-bond donors (Lipinski definition) is 1. The molecule has 2 saturated heterocycles. The van der Waals surface area contributed by atoms with Crippen molar-refractivity contribution in [3.05, 3.63) is 35.9 Å². The Morgan fingerprint density at radius 3 is 2.67 bits per heavy atom. The van der Waals surface area contributed by atoms with Crippen molar-refractivity contribution < 1.29 is 4.74 Å². The molecule has 0 amide bonds. The molecule has 0 saturated carbocycles. The lowest BCUT2D eigenvalue weighted by atomic mass is 9.72. The molecule has 1 atom stereocenters. The third-order valence-corrected chi connectivity index (χ3v) is 5.22. The van der Waals surface area contributed by atoms with E-state index in [2.05, 4.69) is 47.6 Å². The van der Waals surface area contributed by atoms with E-state index in [9.17, 15) is 0 Å². The van der Waals surface area contributed by atoms with Crippen molar-refractivity contribution in [1.29, 1.82) is 0 Å². The Kier molecular flexibility index (Phi) is 4.94. The van der Waals surface area contributed by atoms with Crippen LogP contribution >= 0.6 is 0 Å². The molecule has 1 N–H and O–H groups in total. The Bertz CT molecular complexity index is 420. The quantitative estimate of drug-likeness (QED) is 0.921. The molecule has 0 bridgehead atoms. The standard InChI is InChI=1S/C18H28N2O/c1-20-11-9-18(10-12-20,16-6-3-2-4-7-16)15-19-17-8-5-13-21-14-17/h2-4,6-7,17,19H,5,8-15H2,1H3/t17-/m1/s1. The molecular formula is C18H28N2O. The molecule has 0 radical (unpaired) electrons. The van der Waals surface area contributed by atoms with Crippen LogP contribution in [0.3, 0.4) is 0 Å². The smallest absolute Gasteiger partial charge is 0.0619 e. The predicted molar refractivity (Wildman–Crippen MR) is 86.7 cm³/mol. The fourth-order valence-electron chi connectivity index (χ4n) is 3.65. The maximum atomic E-state index is 5.61. The lowest BCUT2D eigenvalue weighted by Crippen LogP contribution is -2.50. The van der Waals surface area contributed by atoms with E-state index in [0.29, 0.717) is 11.5 Å². The van der Waals surface area contributed by atoms with Crippen molar-refractivity contribution in [3.63, 3.8) is 0 Å². The second-order valence-electron chi connectivity index (χ2n) is 6.74. The van der Waals surface area contributed by atoms with E-state index < -0.39 is 0 Å². The Hall–Kier alpha value is -0.900. The minimum absolute atomic E-state index is 0.297. The van der Waals surface area contributed by atoms with Crippen LogP contribution in [0.2, 0.25) is 0 Å². The summed E-state index contributed by atoms with van der Waals surface area (Å²) in [6.45, 7) is 5.28. The highest BCUT2D eigenvalue weighted by Crippen LogP contribution is 2.34. The van der Waals surface area contributed by atoms with Crippen LogP contribution in [0.1, 0.15) is 31.2 Å². The average Bonchev–Trinajstić information content (AvgIpc) is 2.57. The lowest BCUT2D eigenvalue weighted by Gasteiger charge is -2.42. The van der Waals surface area contributed by atoms with Gasteiger partial charge in [-0.3, -0.25) is 0 Å². The Balaban J connectivity index is 1.70. The zero-order valence-corrected chi connectivity index (χ0v) is 13.2. The number of nitrogens with one attached hydrogen (secondary N) is 1. The first kappa shape index (κ1) is 15.0. The highest BCUT2D eigenvalue weighted by Gasteiger charge is 2.35. The number of likely N-dealkylation sites (tertiary alicyclic amines) is 1. The maximum absolute atomic E-state index is 5.61. The molecule has 1 aromatic rings. The van der Waals surface area contributed by atoms with E-state index in [1.165, 1.54) is 44.3 Å². The minimum Gasteiger partial charge on any atom is -0.380 e. The van der Waals surface area contributed by atoms with Crippen molar-refractivity contribution in [2.24, 2.45) is 0 Å². The summed E-state index contributed by atoms with van der Waals surface area (Å²) in [5.74, 6) is 0. The fraction of sp³-hybridized carbons (Fsp3) is 0.667. The summed E-state index contributed by atoms with van der Waals surface area (Å²) in [5, 5.41) is 3.80. The van der Waals surface area contributed by atoms with Crippen LogP contribution in [-0.2, 0) is 10.2 Å². The van der Waals surface area contributed by atoms with Gasteiger partial charge >= 0.3 is 0 Å². The Labute approximate surface area is 128 Å². The third-order valence-electron chi connectivity index (χ3n) is 5.22. The van der Waals surface area contributed by atoms with Crippen LogP contribution in [0.15, 0.2) is 30.3 Å². The first-order chi connectivity index (χ1) is 10.3. The number of nitrogens with zero attached hydrogens (tertiary/aromatic N) is 1. The molecule has 116 valence electrons. The SMILES string of the molecule is CN1CCC(CN[C@@H]2CCCOC2)(c2ccccc2)CC1. The monoisotopic (exact) mass is 288 g/mol. The van der Waals surface area contributed by atoms with E-state index >= 15 is 0 Å². The summed E-state index contributed by atoms with van der Waals surface area (Å²) in [6.07, 6.45) is 4.94. The van der Waals surface area contributed by atoms with Crippen LogP contribution in [0.5, 0.6) is 0 Å². The molecule has 3 heteroatoms. The molecule has 2 aliphatic rings. The second kappa shape index (κ2) is 6.91. The molecule has 3 nitrogen and oxygen atoms in total. The molecule has 2 aliphatic heterocycles. The van der Waals surface area contributed by atoms with Gasteiger partial charge in [0.2, 0.25) is 0 Å². The van der Waals surface area contributed by atoms with Crippen LogP contribution < -0.4 is 5.32 Å². The van der Waals surface area contributed by atoms with Crippen LogP contribution in [0, 0.1) is 0 Å². The van der Waals surface area contributed by atoms with E-state index in [1.54, 1.807) is 0 Å². The summed E-state index contributed by atoms with van der Waals surface area (Å²) < 4.78 is 5.61. The van der Waals surface area contributed by atoms with E-state index in [1.807, 2.05) is 0 Å². The zero-order chi connectivity index (χ0) is 14.5. The lowest BCUT2D eigenvalue weighted by molar-refractivity contribution is 0.0656. The number of ether oxygens (including phenoxy) is 1. The molecule has 0 aliphatic carbocycles. The number of hydrogen-bond acceptors (Lipinski definition) is 3. The number of benzene rings is 1. The normalized spacial score (nSPS) is 26.6. The molecule has 0 aromatic heterocycles. The Morgan fingerprint density at radius 2 is 2.00 bits per heavy atom. The molecule has 2 fully saturated rings. The van der Waals surface area contributed by atoms with Gasteiger partial charge in [-0.1, -0.05) is 30.3 Å². The van der Waals surface area contributed by atoms with Gasteiger partial charge in [-0.25, -0.2) is 0 Å². The highest BCUT2D eigenvalue weighted by atomic mass is 16.5. The van der Waals surface area contributed by atoms with Crippen LogP contribution in [0.4, 0.5) is 0 Å². The van der Waals surface area contributed by atoms with E-state index in [-0.39, 0.29) is 0 Å². The van der Waals surface area contributed by atoms with Crippen molar-refractivity contribution in [2.75, 3.05) is 39.9 Å². The van der Waals surface area contributed by atoms with Crippen LogP contribution in [-0.4, -0.2) is 50.8 Å². The summed E-state index contributed by atoms with van der Waals surface area (Å²) in [4.78, 5) is 2.45. The second-order valence-corrected chi connectivity index (χ2v) is 6.74. The van der Waals surface area contributed by atoms with Crippen molar-refractivity contribution in [3.8, 4) is 0 Å². The third kappa shape index (κ3) is 3.65. The van der Waals surface area contributed by atoms with Gasteiger partial charge in [-0.15, -0.1) is 0 Å². The van der Waals surface area contributed by atoms with Gasteiger partial charge in [0.15, 0.2) is 0 Å². The van der Waals surface area contributed by atoms with Crippen molar-refractivity contribution >= 4 is 0 Å². The Morgan fingerprint density at radius 1 is 1.24 bits per heavy atom. The topological polar surface area (TPSA) is 24.5 Å². The largest absolute Gasteiger partial charge is 0.380 e. The van der Waals surface area contributed by atoms with Gasteiger partial charge in [0.25, 0.3) is 0 Å². The molecule has 21 heavy (non-hydrogen) atoms. The molecule has 2 heterocycles. The molecule has 1 aromatic carbocycles. The summed E-state index contributed by atoms with van der Waals surface area (Å²) in [6, 6.07) is 11.6. The van der Waals surface area contributed by atoms with Crippen molar-refractivity contribution in [1.82, 2.24) is 10.2 Å². The fourth-order valence-corrected chi connectivity index (χ4v) is 3.65. The molecule has 0 spiro atoms. The minimum atomic E-state index is 0.297. The van der Waals surface area contributed by atoms with Gasteiger partial charge in [-0.05, 0) is 51.4 Å². The van der Waals surface area contributed by atoms with Gasteiger partial charge in [-0.2, -0.15) is 0 Å². The average molecular weight is 288 g/mol. The van der Waals surface area contributed by atoms with E-state index in [0.717, 1.165) is 19.8 Å². The van der Waals surface area contributed by atoms with Gasteiger partial charge < -0.3 is 15.0 Å². The van der Waals surface area contributed by atoms with Crippen LogP contribution in [0.25, 0.3) is 0 Å². The first-order valence-corrected chi connectivity index (χ1v) is 8.34. The molecular weight excluding hydrogens is 260 g/mol. The maximum Gasteiger partial charge on any atom is 0.0619 e. The molecule has 3 rings (SSSR count). The predicted octanol–water partition coefficient (Wildman–Crippen LogP) is 2.42. The zero-order valence-electron chi connectivity index (χ0n) is 13.2. The summed E-state index contributed by atoms with van der Waals surface area (Å²) >= 11 is 0. The highest BCUT2D eigenvalue weighted by molar-refractivity contribution is 5.27. The molecule has 0 unspecified atom stereocenters. The summed E-state index contributed by atoms with van der Waals surface area (Å²) in [5.41, 5.74) is 1.80. The van der Waals surface area contributed by atoms with Gasteiger partial charge in [0.1, 0.15) is 0 Å².